The van der Waals surface area contributed by atoms with Crippen LogP contribution < -0.4 is 19.5 Å². The molecule has 1 spiro atoms. The summed E-state index contributed by atoms with van der Waals surface area (Å²) in [4.78, 5) is 18.0. The number of halogens is 5. The molecule has 57 heavy (non-hydrogen) atoms. The molecule has 15 heteroatoms. The van der Waals surface area contributed by atoms with Gasteiger partial charge in [-0.05, 0) is 84.2 Å². The van der Waals surface area contributed by atoms with Gasteiger partial charge < -0.3 is 38.6 Å². The quantitative estimate of drug-likeness (QED) is 0.126. The number of piperidine rings is 1. The molecule has 9 nitrogen and oxygen atoms in total. The normalized spacial score (nSPS) is 17.5. The molecule has 1 unspecified atom stereocenters. The van der Waals surface area contributed by atoms with Crippen LogP contribution in [-0.4, -0.2) is 75.0 Å². The summed E-state index contributed by atoms with van der Waals surface area (Å²) >= 11 is 12.0. The lowest BCUT2D eigenvalue weighted by Crippen LogP contribution is -2.52. The Labute approximate surface area is 344 Å². The smallest absolute Gasteiger partial charge is 0.416 e. The zero-order valence-electron chi connectivity index (χ0n) is 32.2. The van der Waals surface area contributed by atoms with Crippen molar-refractivity contribution in [3.05, 3.63) is 117 Å². The summed E-state index contributed by atoms with van der Waals surface area (Å²) in [5.74, 6) is 1.88. The number of ether oxygens (including phenoxy) is 4. The van der Waals surface area contributed by atoms with E-state index < -0.39 is 34.5 Å². The third-order valence-electron chi connectivity index (χ3n) is 11.1. The Morgan fingerprint density at radius 1 is 0.912 bits per heavy atom. The van der Waals surface area contributed by atoms with E-state index in [0.717, 1.165) is 43.6 Å². The van der Waals surface area contributed by atoms with Gasteiger partial charge in [-0.3, -0.25) is 0 Å². The summed E-state index contributed by atoms with van der Waals surface area (Å²) in [7, 11) is 6.14. The van der Waals surface area contributed by atoms with E-state index in [0.29, 0.717) is 58.5 Å². The van der Waals surface area contributed by atoms with Crippen LogP contribution in [0.5, 0.6) is 17.2 Å². The Balaban J connectivity index is 1.28. The van der Waals surface area contributed by atoms with E-state index >= 15 is 0 Å². The van der Waals surface area contributed by atoms with Crippen LogP contribution in [0.1, 0.15) is 53.5 Å². The highest BCUT2D eigenvalue weighted by Gasteiger charge is 2.52. The molecule has 2 aliphatic heterocycles. The number of urea groups is 1. The first-order valence-corrected chi connectivity index (χ1v) is 20.6. The van der Waals surface area contributed by atoms with Crippen LogP contribution in [0, 0.1) is 0 Å². The van der Waals surface area contributed by atoms with Crippen LogP contribution in [-0.2, 0) is 44.7 Å². The fourth-order valence-electron chi connectivity index (χ4n) is 8.00. The van der Waals surface area contributed by atoms with E-state index in [4.69, 9.17) is 42.1 Å². The Kier molecular flexibility index (Phi) is 13.5. The van der Waals surface area contributed by atoms with Crippen molar-refractivity contribution >= 4 is 46.1 Å². The minimum absolute atomic E-state index is 0.0174. The van der Waals surface area contributed by atoms with Gasteiger partial charge in [0.25, 0.3) is 0 Å². The summed E-state index contributed by atoms with van der Waals surface area (Å²) in [6, 6.07) is 20.7. The average Bonchev–Trinajstić information content (AvgIpc) is 3.47. The van der Waals surface area contributed by atoms with Gasteiger partial charge in [0.15, 0.2) is 16.2 Å². The number of hydrogen-bond donors (Lipinski definition) is 1. The summed E-state index contributed by atoms with van der Waals surface area (Å²) in [6.45, 7) is 2.22. The number of anilines is 1. The molecule has 4 aromatic rings. The Morgan fingerprint density at radius 2 is 1.61 bits per heavy atom. The minimum atomic E-state index is -4.60. The molecular weight excluding hydrogens is 802 g/mol. The molecule has 2 heterocycles. The minimum Gasteiger partial charge on any atom is -0.615 e. The molecule has 1 N–H and O–H groups in total. The molecule has 306 valence electrons. The van der Waals surface area contributed by atoms with Gasteiger partial charge in [0.05, 0.1) is 55.7 Å². The van der Waals surface area contributed by atoms with Crippen LogP contribution in [0.25, 0.3) is 0 Å². The van der Waals surface area contributed by atoms with Gasteiger partial charge in [0.1, 0.15) is 5.75 Å². The Bertz CT molecular complexity index is 2030. The summed E-state index contributed by atoms with van der Waals surface area (Å²) in [6.07, 6.45) is -2.08. The third kappa shape index (κ3) is 9.09. The van der Waals surface area contributed by atoms with E-state index in [9.17, 15) is 22.5 Å². The molecule has 0 saturated carbocycles. The Hall–Kier alpha value is -3.85. The summed E-state index contributed by atoms with van der Waals surface area (Å²) in [5.41, 5.74) is 1.59. The van der Waals surface area contributed by atoms with Crippen molar-refractivity contribution in [1.82, 2.24) is 9.80 Å². The number of amides is 2. The number of nitrogens with one attached hydrogen (secondary N) is 1. The number of likely N-dealkylation sites (N-methyl/N-ethyl adjacent to an activating group) is 1. The number of nitrogens with zero attached hydrogens (tertiary/aromatic N) is 2. The fourth-order valence-corrected chi connectivity index (χ4v) is 10.2. The topological polar surface area (TPSA) is 95.6 Å². The summed E-state index contributed by atoms with van der Waals surface area (Å²) in [5, 5.41) is 3.25. The van der Waals surface area contributed by atoms with Gasteiger partial charge in [0.2, 0.25) is 5.75 Å². The number of benzene rings is 4. The molecule has 2 atom stereocenters. The molecule has 6 rings (SSSR count). The van der Waals surface area contributed by atoms with E-state index in [1.165, 1.54) is 43.9 Å². The van der Waals surface area contributed by atoms with Crippen molar-refractivity contribution < 1.29 is 41.5 Å². The largest absolute Gasteiger partial charge is 0.615 e. The maximum atomic E-state index is 14.2. The lowest BCUT2D eigenvalue weighted by atomic mass is 9.83. The van der Waals surface area contributed by atoms with E-state index in [-0.39, 0.29) is 28.7 Å². The third-order valence-corrected chi connectivity index (χ3v) is 13.9. The number of carbonyl (C=O) groups excluding carboxylic acids is 1. The molecule has 2 amide bonds. The maximum absolute atomic E-state index is 14.2. The molecular formula is C42H46Cl2F3N3O6S. The Morgan fingerprint density at radius 3 is 2.26 bits per heavy atom. The highest BCUT2D eigenvalue weighted by Crippen LogP contribution is 2.49. The number of likely N-dealkylation sites (tertiary alicyclic amines) is 1. The number of alkyl halides is 3. The fraction of sp³-hybridized carbons (Fsp3) is 0.405. The molecule has 4 aromatic carbocycles. The highest BCUT2D eigenvalue weighted by atomic mass is 35.5. The zero-order valence-corrected chi connectivity index (χ0v) is 34.5. The summed E-state index contributed by atoms with van der Waals surface area (Å²) < 4.78 is 77.0. The molecule has 1 fully saturated rings. The monoisotopic (exact) mass is 847 g/mol. The number of rotatable bonds is 14. The second-order valence-corrected chi connectivity index (χ2v) is 16.9. The van der Waals surface area contributed by atoms with Crippen LogP contribution >= 0.6 is 23.2 Å². The van der Waals surface area contributed by atoms with E-state index in [1.807, 2.05) is 12.1 Å². The second-order valence-electron chi connectivity index (χ2n) is 14.3. The van der Waals surface area contributed by atoms with Crippen LogP contribution in [0.4, 0.5) is 23.7 Å². The molecule has 0 radical (unpaired) electrons. The molecule has 0 bridgehead atoms. The zero-order chi connectivity index (χ0) is 41.0. The predicted octanol–water partition coefficient (Wildman–Crippen LogP) is 9.65. The van der Waals surface area contributed by atoms with Crippen LogP contribution in [0.3, 0.4) is 0 Å². The van der Waals surface area contributed by atoms with Gasteiger partial charge in [-0.2, -0.15) is 13.2 Å². The number of hydrogen-bond acceptors (Lipinski definition) is 7. The maximum Gasteiger partial charge on any atom is 0.416 e. The van der Waals surface area contributed by atoms with Gasteiger partial charge in [-0.15, -0.1) is 0 Å². The van der Waals surface area contributed by atoms with Crippen molar-refractivity contribution in [3.63, 3.8) is 0 Å². The lowest BCUT2D eigenvalue weighted by Gasteiger charge is -2.43. The first kappa shape index (κ1) is 42.7. The van der Waals surface area contributed by atoms with Gasteiger partial charge in [-0.1, -0.05) is 59.6 Å². The first-order valence-electron chi connectivity index (χ1n) is 18.5. The predicted molar refractivity (Wildman–Crippen MR) is 217 cm³/mol. The average molecular weight is 849 g/mol. The van der Waals surface area contributed by atoms with Crippen molar-refractivity contribution in [2.45, 2.75) is 54.5 Å². The standard InChI is InChI=1S/C42H46Cl2F3N3O6S/c1-49(39(51)48-32-11-7-10-31(23-32)42(45,46)47)40(30-13-14-34(43)35(44)24-30,27-56-25-28-21-36(53-2)38(55-4)37(22-28)54-3)15-8-18-50-19-16-41(17-20-50)33-12-6-5-9-29(33)26-57(41)52/h5-7,9-14,21-24H,8,15-20,25-27H2,1-4H3,(H,48,51)/t40-,57?/m1/s1. The van der Waals surface area contributed by atoms with Crippen molar-refractivity contribution in [2.24, 2.45) is 0 Å². The SMILES string of the molecule is COc1cc(COC[C@](CCCN2CCC3(CC2)c2ccccc2C[S+]3[O-])(c2ccc(Cl)c(Cl)c2)N(C)C(=O)Nc2cccc(C(F)(F)F)c2)cc(OC)c1OC. The highest BCUT2D eigenvalue weighted by molar-refractivity contribution is 7.92. The van der Waals surface area contributed by atoms with E-state index in [1.54, 1.807) is 37.4 Å². The number of methoxy groups -OCH3 is 3. The van der Waals surface area contributed by atoms with Crippen molar-refractivity contribution in [1.29, 1.82) is 0 Å². The van der Waals surface area contributed by atoms with Gasteiger partial charge in [-0.25, -0.2) is 4.79 Å². The van der Waals surface area contributed by atoms with Crippen molar-refractivity contribution in [3.8, 4) is 17.2 Å². The number of carbonyl (C=O) groups is 1. The molecule has 0 aromatic heterocycles. The van der Waals surface area contributed by atoms with Gasteiger partial charge >= 0.3 is 12.2 Å². The lowest BCUT2D eigenvalue weighted by molar-refractivity contribution is -0.137. The van der Waals surface area contributed by atoms with Crippen molar-refractivity contribution in [2.75, 3.05) is 59.9 Å². The first-order chi connectivity index (χ1) is 27.2. The van der Waals surface area contributed by atoms with E-state index in [2.05, 4.69) is 22.3 Å². The number of fused-ring (bicyclic) bond motifs is 2. The molecule has 0 aliphatic carbocycles. The molecule has 2 aliphatic rings. The van der Waals surface area contributed by atoms with Crippen LogP contribution in [0.2, 0.25) is 10.0 Å². The van der Waals surface area contributed by atoms with Gasteiger partial charge in [0, 0.05) is 49.8 Å². The molecule has 1 saturated heterocycles. The second kappa shape index (κ2) is 18.0. The van der Waals surface area contributed by atoms with Crippen LogP contribution in [0.15, 0.2) is 78.9 Å².